The van der Waals surface area contributed by atoms with Crippen molar-refractivity contribution in [3.05, 3.63) is 46.2 Å². The Morgan fingerprint density at radius 2 is 1.83 bits per heavy atom. The first kappa shape index (κ1) is 16.0. The number of thiazole rings is 1. The Morgan fingerprint density at radius 1 is 1.13 bits per heavy atom. The number of carbonyl (C=O) groups is 1. The lowest BCUT2D eigenvalue weighted by Crippen LogP contribution is -2.37. The third-order valence-electron chi connectivity index (χ3n) is 4.30. The zero-order chi connectivity index (χ0) is 16.1. The molecule has 4 nitrogen and oxygen atoms in total. The summed E-state index contributed by atoms with van der Waals surface area (Å²) in [6.07, 6.45) is 8.78. The predicted octanol–water partition coefficient (Wildman–Crippen LogP) is 3.42. The van der Waals surface area contributed by atoms with Crippen LogP contribution in [0.5, 0.6) is 0 Å². The third kappa shape index (κ3) is 4.32. The average molecular weight is 330 g/mol. The standard InChI is InChI=1S/C18H22N2O2S/c21-17(19-15-10-6-1-2-7-11-15)13-20-12-16(23-18(20)22)14-8-4-3-5-9-14/h3-5,8-9,12,15H,1-2,6-7,10-11,13H2,(H,19,21). The third-order valence-corrected chi connectivity index (χ3v) is 5.27. The number of hydrogen-bond acceptors (Lipinski definition) is 3. The van der Waals surface area contributed by atoms with Crippen LogP contribution < -0.4 is 10.2 Å². The zero-order valence-corrected chi connectivity index (χ0v) is 14.0. The Hall–Kier alpha value is -1.88. The second-order valence-electron chi connectivity index (χ2n) is 6.11. The van der Waals surface area contributed by atoms with E-state index in [0.29, 0.717) is 0 Å². The molecule has 122 valence electrons. The molecule has 1 heterocycles. The summed E-state index contributed by atoms with van der Waals surface area (Å²) in [7, 11) is 0. The van der Waals surface area contributed by atoms with Crippen molar-refractivity contribution in [2.45, 2.75) is 51.1 Å². The van der Waals surface area contributed by atoms with Gasteiger partial charge in [0.25, 0.3) is 0 Å². The highest BCUT2D eigenvalue weighted by Gasteiger charge is 2.16. The number of carbonyl (C=O) groups excluding carboxylic acids is 1. The Kier molecular flexibility index (Phi) is 5.28. The number of hydrogen-bond donors (Lipinski definition) is 1. The van der Waals surface area contributed by atoms with Crippen LogP contribution in [-0.2, 0) is 11.3 Å². The molecule has 1 N–H and O–H groups in total. The lowest BCUT2D eigenvalue weighted by Gasteiger charge is -2.16. The van der Waals surface area contributed by atoms with Gasteiger partial charge in [-0.1, -0.05) is 67.4 Å². The molecule has 1 aromatic heterocycles. The Morgan fingerprint density at radius 3 is 2.52 bits per heavy atom. The van der Waals surface area contributed by atoms with Crippen LogP contribution in [0, 0.1) is 0 Å². The number of aromatic nitrogens is 1. The molecule has 0 saturated heterocycles. The van der Waals surface area contributed by atoms with E-state index < -0.39 is 0 Å². The van der Waals surface area contributed by atoms with Crippen molar-refractivity contribution in [2.24, 2.45) is 0 Å². The fourth-order valence-electron chi connectivity index (χ4n) is 3.07. The van der Waals surface area contributed by atoms with E-state index in [-0.39, 0.29) is 23.4 Å². The van der Waals surface area contributed by atoms with Crippen molar-refractivity contribution in [3.63, 3.8) is 0 Å². The van der Waals surface area contributed by atoms with E-state index in [1.54, 1.807) is 6.20 Å². The second kappa shape index (κ2) is 7.59. The van der Waals surface area contributed by atoms with Gasteiger partial charge in [-0.3, -0.25) is 14.2 Å². The smallest absolute Gasteiger partial charge is 0.308 e. The molecule has 0 radical (unpaired) electrons. The molecule has 1 aliphatic carbocycles. The van der Waals surface area contributed by atoms with Gasteiger partial charge in [0.15, 0.2) is 0 Å². The number of nitrogens with zero attached hydrogens (tertiary/aromatic N) is 1. The second-order valence-corrected chi connectivity index (χ2v) is 7.10. The minimum Gasteiger partial charge on any atom is -0.352 e. The van der Waals surface area contributed by atoms with Gasteiger partial charge in [-0.2, -0.15) is 0 Å². The maximum absolute atomic E-state index is 12.2. The van der Waals surface area contributed by atoms with E-state index in [9.17, 15) is 9.59 Å². The molecule has 5 heteroatoms. The molecular weight excluding hydrogens is 308 g/mol. The fourth-order valence-corrected chi connectivity index (χ4v) is 3.93. The Bertz CT molecular complexity index is 697. The number of rotatable bonds is 4. The van der Waals surface area contributed by atoms with Crippen molar-refractivity contribution in [2.75, 3.05) is 0 Å². The molecule has 3 rings (SSSR count). The Balaban J connectivity index is 1.64. The summed E-state index contributed by atoms with van der Waals surface area (Å²) in [5, 5.41) is 3.09. The van der Waals surface area contributed by atoms with Crippen LogP contribution in [0.4, 0.5) is 0 Å². The van der Waals surface area contributed by atoms with Crippen LogP contribution in [-0.4, -0.2) is 16.5 Å². The topological polar surface area (TPSA) is 51.1 Å². The molecule has 1 aliphatic rings. The lowest BCUT2D eigenvalue weighted by molar-refractivity contribution is -0.122. The molecule has 2 aromatic rings. The minimum atomic E-state index is -0.0835. The summed E-state index contributed by atoms with van der Waals surface area (Å²) in [5.74, 6) is -0.0589. The lowest BCUT2D eigenvalue weighted by atomic mass is 10.1. The first-order chi connectivity index (χ1) is 11.2. The molecule has 0 unspecified atom stereocenters. The summed E-state index contributed by atoms with van der Waals surface area (Å²) in [6, 6.07) is 10.1. The molecule has 23 heavy (non-hydrogen) atoms. The first-order valence-corrected chi connectivity index (χ1v) is 9.09. The number of amides is 1. The number of nitrogens with one attached hydrogen (secondary N) is 1. The molecule has 1 fully saturated rings. The van der Waals surface area contributed by atoms with E-state index in [1.807, 2.05) is 30.3 Å². The summed E-state index contributed by atoms with van der Waals surface area (Å²) in [4.78, 5) is 25.1. The number of benzene rings is 1. The molecule has 0 spiro atoms. The first-order valence-electron chi connectivity index (χ1n) is 8.27. The van der Waals surface area contributed by atoms with Gasteiger partial charge in [-0.15, -0.1) is 0 Å². The quantitative estimate of drug-likeness (QED) is 0.873. The summed E-state index contributed by atoms with van der Waals surface area (Å²) in [5.41, 5.74) is 1.01. The minimum absolute atomic E-state index is 0.0589. The maximum atomic E-state index is 12.2. The van der Waals surface area contributed by atoms with E-state index in [1.165, 1.54) is 41.6 Å². The molecule has 0 atom stereocenters. The highest BCUT2D eigenvalue weighted by Crippen LogP contribution is 2.21. The molecule has 1 aromatic carbocycles. The highest BCUT2D eigenvalue weighted by atomic mass is 32.1. The van der Waals surface area contributed by atoms with Gasteiger partial charge in [0.05, 0.1) is 4.88 Å². The van der Waals surface area contributed by atoms with Crippen molar-refractivity contribution in [1.29, 1.82) is 0 Å². The van der Waals surface area contributed by atoms with Gasteiger partial charge in [-0.05, 0) is 18.4 Å². The molecule has 1 amide bonds. The molecule has 1 saturated carbocycles. The largest absolute Gasteiger partial charge is 0.352 e. The average Bonchev–Trinajstić information content (AvgIpc) is 2.75. The van der Waals surface area contributed by atoms with Crippen LogP contribution in [0.15, 0.2) is 41.3 Å². The van der Waals surface area contributed by atoms with Gasteiger partial charge in [0, 0.05) is 12.2 Å². The Labute approximate surface area is 140 Å². The van der Waals surface area contributed by atoms with Crippen LogP contribution in [0.3, 0.4) is 0 Å². The SMILES string of the molecule is O=C(Cn1cc(-c2ccccc2)sc1=O)NC1CCCCCC1. The summed E-state index contributed by atoms with van der Waals surface area (Å²) >= 11 is 1.19. The van der Waals surface area contributed by atoms with Crippen LogP contribution in [0.2, 0.25) is 0 Å². The van der Waals surface area contributed by atoms with Crippen molar-refractivity contribution >= 4 is 17.2 Å². The van der Waals surface area contributed by atoms with E-state index in [2.05, 4.69) is 5.32 Å². The molecular formula is C18H22N2O2S. The monoisotopic (exact) mass is 330 g/mol. The van der Waals surface area contributed by atoms with Crippen LogP contribution in [0.25, 0.3) is 10.4 Å². The van der Waals surface area contributed by atoms with E-state index in [0.717, 1.165) is 23.3 Å². The fraction of sp³-hybridized carbons (Fsp3) is 0.444. The maximum Gasteiger partial charge on any atom is 0.308 e. The van der Waals surface area contributed by atoms with Gasteiger partial charge < -0.3 is 5.32 Å². The van der Waals surface area contributed by atoms with Gasteiger partial charge >= 0.3 is 4.87 Å². The molecule has 0 bridgehead atoms. The highest BCUT2D eigenvalue weighted by molar-refractivity contribution is 7.12. The van der Waals surface area contributed by atoms with Crippen molar-refractivity contribution < 1.29 is 4.79 Å². The van der Waals surface area contributed by atoms with Crippen molar-refractivity contribution in [3.8, 4) is 10.4 Å². The van der Waals surface area contributed by atoms with E-state index in [4.69, 9.17) is 0 Å². The van der Waals surface area contributed by atoms with Gasteiger partial charge in [0.2, 0.25) is 5.91 Å². The van der Waals surface area contributed by atoms with Gasteiger partial charge in [-0.25, -0.2) is 0 Å². The van der Waals surface area contributed by atoms with Gasteiger partial charge in [0.1, 0.15) is 6.54 Å². The van der Waals surface area contributed by atoms with Crippen molar-refractivity contribution in [1.82, 2.24) is 9.88 Å². The normalized spacial score (nSPS) is 16.0. The van der Waals surface area contributed by atoms with Crippen LogP contribution in [0.1, 0.15) is 38.5 Å². The van der Waals surface area contributed by atoms with E-state index >= 15 is 0 Å². The zero-order valence-electron chi connectivity index (χ0n) is 13.2. The predicted molar refractivity (Wildman–Crippen MR) is 93.6 cm³/mol. The molecule has 0 aliphatic heterocycles. The summed E-state index contributed by atoms with van der Waals surface area (Å²) in [6.45, 7) is 0.110. The summed E-state index contributed by atoms with van der Waals surface area (Å²) < 4.78 is 1.51. The van der Waals surface area contributed by atoms with Crippen LogP contribution >= 0.6 is 11.3 Å².